The Balaban J connectivity index is 1.98. The van der Waals surface area contributed by atoms with Gasteiger partial charge in [0.15, 0.2) is 0 Å². The van der Waals surface area contributed by atoms with Gasteiger partial charge in [-0.3, -0.25) is 0 Å². The Morgan fingerprint density at radius 2 is 2.36 bits per heavy atom. The summed E-state index contributed by atoms with van der Waals surface area (Å²) >= 11 is 0. The van der Waals surface area contributed by atoms with Crippen molar-refractivity contribution in [1.29, 1.82) is 0 Å². The van der Waals surface area contributed by atoms with Gasteiger partial charge in [0.25, 0.3) is 0 Å². The maximum atomic E-state index is 5.78. The lowest BCUT2D eigenvalue weighted by Gasteiger charge is -2.23. The van der Waals surface area contributed by atoms with E-state index in [1.165, 1.54) is 6.42 Å². The SMILES string of the molecule is CC1CC([C@@H]2CO2)CC=C1N. The van der Waals surface area contributed by atoms with Crippen molar-refractivity contribution in [3.8, 4) is 0 Å². The molecule has 2 rings (SSSR count). The van der Waals surface area contributed by atoms with Crippen LogP contribution in [0.4, 0.5) is 0 Å². The topological polar surface area (TPSA) is 38.5 Å². The van der Waals surface area contributed by atoms with Gasteiger partial charge in [-0.25, -0.2) is 0 Å². The Labute approximate surface area is 67.4 Å². The van der Waals surface area contributed by atoms with Crippen molar-refractivity contribution in [2.75, 3.05) is 6.61 Å². The zero-order valence-corrected chi connectivity index (χ0v) is 6.92. The van der Waals surface area contributed by atoms with E-state index in [0.717, 1.165) is 24.6 Å². The molecule has 0 bridgehead atoms. The third-order valence-electron chi connectivity index (χ3n) is 2.77. The first-order valence-electron chi connectivity index (χ1n) is 4.34. The molecule has 0 aromatic carbocycles. The predicted molar refractivity (Wildman–Crippen MR) is 43.9 cm³/mol. The van der Waals surface area contributed by atoms with Crippen molar-refractivity contribution in [1.82, 2.24) is 0 Å². The summed E-state index contributed by atoms with van der Waals surface area (Å²) in [5.41, 5.74) is 6.85. The quantitative estimate of drug-likeness (QED) is 0.576. The monoisotopic (exact) mass is 153 g/mol. The van der Waals surface area contributed by atoms with Gasteiger partial charge in [-0.2, -0.15) is 0 Å². The molecule has 2 N–H and O–H groups in total. The molecule has 11 heavy (non-hydrogen) atoms. The summed E-state index contributed by atoms with van der Waals surface area (Å²) in [6.07, 6.45) is 5.07. The second-order valence-corrected chi connectivity index (χ2v) is 3.71. The third-order valence-corrected chi connectivity index (χ3v) is 2.77. The van der Waals surface area contributed by atoms with Crippen molar-refractivity contribution in [2.24, 2.45) is 17.6 Å². The minimum atomic E-state index is 0.557. The minimum absolute atomic E-state index is 0.557. The Morgan fingerprint density at radius 3 is 2.91 bits per heavy atom. The van der Waals surface area contributed by atoms with Crippen molar-refractivity contribution in [2.45, 2.75) is 25.9 Å². The number of hydrogen-bond donors (Lipinski definition) is 1. The van der Waals surface area contributed by atoms with Crippen LogP contribution in [-0.2, 0) is 4.74 Å². The Bertz CT molecular complexity index is 184. The van der Waals surface area contributed by atoms with E-state index in [4.69, 9.17) is 10.5 Å². The molecule has 2 aliphatic rings. The molecule has 2 heteroatoms. The van der Waals surface area contributed by atoms with Crippen LogP contribution in [0.2, 0.25) is 0 Å². The Morgan fingerprint density at radius 1 is 1.64 bits per heavy atom. The molecule has 2 nitrogen and oxygen atoms in total. The van der Waals surface area contributed by atoms with E-state index < -0.39 is 0 Å². The molecular weight excluding hydrogens is 138 g/mol. The number of nitrogens with two attached hydrogens (primary N) is 1. The van der Waals surface area contributed by atoms with E-state index in [0.29, 0.717) is 12.0 Å². The maximum absolute atomic E-state index is 5.78. The number of rotatable bonds is 1. The van der Waals surface area contributed by atoms with Gasteiger partial charge in [0, 0.05) is 5.70 Å². The predicted octanol–water partition coefficient (Wildman–Crippen LogP) is 1.27. The number of ether oxygens (including phenoxy) is 1. The molecular formula is C9H15NO. The molecule has 0 radical (unpaired) electrons. The zero-order chi connectivity index (χ0) is 7.84. The van der Waals surface area contributed by atoms with Crippen LogP contribution in [0.1, 0.15) is 19.8 Å². The summed E-state index contributed by atoms with van der Waals surface area (Å²) in [5, 5.41) is 0. The van der Waals surface area contributed by atoms with Crippen molar-refractivity contribution < 1.29 is 4.74 Å². The van der Waals surface area contributed by atoms with Gasteiger partial charge in [-0.1, -0.05) is 13.0 Å². The Hall–Kier alpha value is -0.500. The van der Waals surface area contributed by atoms with Gasteiger partial charge >= 0.3 is 0 Å². The molecule has 0 spiro atoms. The number of allylic oxidation sites excluding steroid dienone is 2. The van der Waals surface area contributed by atoms with Gasteiger partial charge in [0.1, 0.15) is 0 Å². The lowest BCUT2D eigenvalue weighted by atomic mass is 9.84. The first-order chi connectivity index (χ1) is 5.27. The minimum Gasteiger partial charge on any atom is -0.402 e. The van der Waals surface area contributed by atoms with E-state index in [9.17, 15) is 0 Å². The summed E-state index contributed by atoms with van der Waals surface area (Å²) in [7, 11) is 0. The molecule has 62 valence electrons. The fourth-order valence-corrected chi connectivity index (χ4v) is 1.81. The fourth-order valence-electron chi connectivity index (χ4n) is 1.81. The highest BCUT2D eigenvalue weighted by Gasteiger charge is 2.34. The second-order valence-electron chi connectivity index (χ2n) is 3.71. The summed E-state index contributed by atoms with van der Waals surface area (Å²) in [5.74, 6) is 1.32. The molecule has 0 aromatic heterocycles. The van der Waals surface area contributed by atoms with Crippen molar-refractivity contribution in [3.05, 3.63) is 11.8 Å². The molecule has 0 saturated carbocycles. The van der Waals surface area contributed by atoms with E-state index in [1.807, 2.05) is 0 Å². The molecule has 1 aliphatic carbocycles. The van der Waals surface area contributed by atoms with Crippen LogP contribution in [0.15, 0.2) is 11.8 Å². The average molecular weight is 153 g/mol. The highest BCUT2D eigenvalue weighted by atomic mass is 16.6. The standard InChI is InChI=1S/C9H15NO/c1-6-4-7(9-5-11-9)2-3-8(6)10/h3,6-7,9H,2,4-5,10H2,1H3/t6?,7?,9-/m0/s1. The van der Waals surface area contributed by atoms with Gasteiger partial charge in [0.2, 0.25) is 0 Å². The molecule has 0 aromatic rings. The third kappa shape index (κ3) is 1.41. The van der Waals surface area contributed by atoms with Crippen LogP contribution in [0.5, 0.6) is 0 Å². The van der Waals surface area contributed by atoms with Gasteiger partial charge < -0.3 is 10.5 Å². The van der Waals surface area contributed by atoms with Crippen molar-refractivity contribution in [3.63, 3.8) is 0 Å². The molecule has 1 heterocycles. The second kappa shape index (κ2) is 2.52. The normalized spacial score (nSPS) is 43.4. The van der Waals surface area contributed by atoms with Crippen LogP contribution in [0, 0.1) is 11.8 Å². The van der Waals surface area contributed by atoms with E-state index >= 15 is 0 Å². The summed E-state index contributed by atoms with van der Waals surface area (Å²) in [6, 6.07) is 0. The van der Waals surface area contributed by atoms with Crippen LogP contribution >= 0.6 is 0 Å². The van der Waals surface area contributed by atoms with Gasteiger partial charge in [-0.15, -0.1) is 0 Å². The summed E-state index contributed by atoms with van der Waals surface area (Å²) in [4.78, 5) is 0. The first-order valence-corrected chi connectivity index (χ1v) is 4.34. The van der Waals surface area contributed by atoms with Crippen LogP contribution < -0.4 is 5.73 Å². The van der Waals surface area contributed by atoms with Gasteiger partial charge in [-0.05, 0) is 24.7 Å². The number of epoxide rings is 1. The van der Waals surface area contributed by atoms with Crippen LogP contribution in [0.25, 0.3) is 0 Å². The van der Waals surface area contributed by atoms with Gasteiger partial charge in [0.05, 0.1) is 12.7 Å². The first kappa shape index (κ1) is 7.17. The van der Waals surface area contributed by atoms with E-state index in [1.54, 1.807) is 0 Å². The van der Waals surface area contributed by atoms with E-state index in [-0.39, 0.29) is 0 Å². The highest BCUT2D eigenvalue weighted by Crippen LogP contribution is 2.34. The summed E-state index contributed by atoms with van der Waals surface area (Å²) < 4.78 is 5.26. The molecule has 1 saturated heterocycles. The molecule has 3 atom stereocenters. The van der Waals surface area contributed by atoms with E-state index in [2.05, 4.69) is 13.0 Å². The fraction of sp³-hybridized carbons (Fsp3) is 0.778. The average Bonchev–Trinajstić information content (AvgIpc) is 2.77. The smallest absolute Gasteiger partial charge is 0.0841 e. The number of hydrogen-bond acceptors (Lipinski definition) is 2. The van der Waals surface area contributed by atoms with Crippen LogP contribution in [-0.4, -0.2) is 12.7 Å². The zero-order valence-electron chi connectivity index (χ0n) is 6.92. The Kier molecular flexibility index (Phi) is 1.64. The lowest BCUT2D eigenvalue weighted by Crippen LogP contribution is -2.21. The maximum Gasteiger partial charge on any atom is 0.0841 e. The largest absolute Gasteiger partial charge is 0.402 e. The lowest BCUT2D eigenvalue weighted by molar-refractivity contribution is 0.287. The molecule has 2 unspecified atom stereocenters. The van der Waals surface area contributed by atoms with Crippen LogP contribution in [0.3, 0.4) is 0 Å². The molecule has 1 fully saturated rings. The highest BCUT2D eigenvalue weighted by molar-refractivity contribution is 5.07. The molecule has 0 amide bonds. The molecule has 1 aliphatic heterocycles. The summed E-state index contributed by atoms with van der Waals surface area (Å²) in [6.45, 7) is 3.17. The van der Waals surface area contributed by atoms with Crippen molar-refractivity contribution >= 4 is 0 Å².